The highest BCUT2D eigenvalue weighted by Gasteiger charge is 2.20. The molecule has 0 unspecified atom stereocenters. The zero-order chi connectivity index (χ0) is 10.8. The van der Waals surface area contributed by atoms with Crippen molar-refractivity contribution in [1.29, 1.82) is 0 Å². The summed E-state index contributed by atoms with van der Waals surface area (Å²) >= 11 is 0. The Morgan fingerprint density at radius 2 is 2.40 bits per heavy atom. The molecule has 15 heavy (non-hydrogen) atoms. The Bertz CT molecular complexity index is 402. The van der Waals surface area contributed by atoms with Crippen molar-refractivity contribution in [3.63, 3.8) is 0 Å². The fraction of sp³-hybridized carbons (Fsp3) is 0.455. The van der Waals surface area contributed by atoms with E-state index in [9.17, 15) is 4.79 Å². The second kappa shape index (κ2) is 3.88. The summed E-state index contributed by atoms with van der Waals surface area (Å²) in [6.07, 6.45) is 4.36. The van der Waals surface area contributed by atoms with Gasteiger partial charge in [-0.2, -0.15) is 5.10 Å². The first-order valence-corrected chi connectivity index (χ1v) is 5.12. The molecule has 0 aliphatic carbocycles. The van der Waals surface area contributed by atoms with Gasteiger partial charge in [-0.05, 0) is 13.8 Å². The number of H-pyrrole nitrogens is 1. The van der Waals surface area contributed by atoms with E-state index in [0.29, 0.717) is 6.54 Å². The second-order valence-corrected chi connectivity index (χ2v) is 4.11. The third-order valence-corrected chi connectivity index (χ3v) is 2.52. The van der Waals surface area contributed by atoms with E-state index in [1.54, 1.807) is 12.3 Å². The maximum absolute atomic E-state index is 11.8. The fourth-order valence-electron chi connectivity index (χ4n) is 1.75. The van der Waals surface area contributed by atoms with E-state index in [2.05, 4.69) is 10.2 Å². The quantitative estimate of drug-likeness (QED) is 0.702. The average Bonchev–Trinajstić information content (AvgIpc) is 2.62. The number of hydrogen-bond donors (Lipinski definition) is 1. The fourth-order valence-corrected chi connectivity index (χ4v) is 1.75. The van der Waals surface area contributed by atoms with Gasteiger partial charge in [-0.1, -0.05) is 5.57 Å². The number of hydrogen-bond acceptors (Lipinski definition) is 2. The molecule has 0 fully saturated rings. The molecule has 0 bridgehead atoms. The maximum Gasteiger partial charge on any atom is 0.246 e. The van der Waals surface area contributed by atoms with Crippen LogP contribution >= 0.6 is 0 Å². The van der Waals surface area contributed by atoms with E-state index >= 15 is 0 Å². The maximum atomic E-state index is 11.8. The molecule has 1 aromatic rings. The van der Waals surface area contributed by atoms with Gasteiger partial charge in [0.15, 0.2) is 0 Å². The summed E-state index contributed by atoms with van der Waals surface area (Å²) < 4.78 is 0. The Morgan fingerprint density at radius 3 is 3.13 bits per heavy atom. The van der Waals surface area contributed by atoms with Crippen LogP contribution in [0, 0.1) is 0 Å². The first-order chi connectivity index (χ1) is 7.16. The highest BCUT2D eigenvalue weighted by atomic mass is 16.2. The van der Waals surface area contributed by atoms with Gasteiger partial charge in [0.1, 0.15) is 0 Å². The number of fused-ring (bicyclic) bond motifs is 1. The van der Waals surface area contributed by atoms with E-state index in [1.807, 2.05) is 18.7 Å². The molecule has 80 valence electrons. The molecule has 4 nitrogen and oxygen atoms in total. The lowest BCUT2D eigenvalue weighted by Gasteiger charge is -2.25. The Hall–Kier alpha value is -1.58. The van der Waals surface area contributed by atoms with E-state index in [0.717, 1.165) is 29.8 Å². The van der Waals surface area contributed by atoms with Gasteiger partial charge in [0.25, 0.3) is 0 Å². The minimum atomic E-state index is 0.0989. The van der Waals surface area contributed by atoms with Crippen LogP contribution in [-0.2, 0) is 17.8 Å². The Kier molecular flexibility index (Phi) is 2.58. The molecule has 0 saturated heterocycles. The number of carbonyl (C=O) groups excluding carboxylic acids is 1. The van der Waals surface area contributed by atoms with E-state index in [-0.39, 0.29) is 5.91 Å². The van der Waals surface area contributed by atoms with Crippen molar-refractivity contribution in [2.45, 2.75) is 26.8 Å². The smallest absolute Gasteiger partial charge is 0.246 e. The molecule has 1 amide bonds. The van der Waals surface area contributed by atoms with Crippen LogP contribution < -0.4 is 0 Å². The van der Waals surface area contributed by atoms with Crippen LogP contribution in [0.4, 0.5) is 0 Å². The molecule has 0 radical (unpaired) electrons. The molecule has 2 rings (SSSR count). The third kappa shape index (κ3) is 2.09. The van der Waals surface area contributed by atoms with Gasteiger partial charge in [0.2, 0.25) is 5.91 Å². The van der Waals surface area contributed by atoms with Gasteiger partial charge in [-0.3, -0.25) is 9.89 Å². The lowest BCUT2D eigenvalue weighted by molar-refractivity contribution is -0.126. The first-order valence-electron chi connectivity index (χ1n) is 5.12. The van der Waals surface area contributed by atoms with Gasteiger partial charge in [0, 0.05) is 36.8 Å². The molecular weight excluding hydrogens is 190 g/mol. The zero-order valence-electron chi connectivity index (χ0n) is 9.08. The van der Waals surface area contributed by atoms with Gasteiger partial charge < -0.3 is 4.90 Å². The summed E-state index contributed by atoms with van der Waals surface area (Å²) in [5.41, 5.74) is 3.34. The highest BCUT2D eigenvalue weighted by Crippen LogP contribution is 2.16. The van der Waals surface area contributed by atoms with Crippen molar-refractivity contribution in [3.8, 4) is 0 Å². The third-order valence-electron chi connectivity index (χ3n) is 2.52. The number of carbonyl (C=O) groups is 1. The van der Waals surface area contributed by atoms with Crippen molar-refractivity contribution in [1.82, 2.24) is 15.1 Å². The van der Waals surface area contributed by atoms with Crippen molar-refractivity contribution in [2.75, 3.05) is 6.54 Å². The summed E-state index contributed by atoms with van der Waals surface area (Å²) in [6, 6.07) is 0. The highest BCUT2D eigenvalue weighted by molar-refractivity contribution is 5.88. The molecule has 1 aliphatic rings. The number of nitrogens with one attached hydrogen (secondary N) is 1. The summed E-state index contributed by atoms with van der Waals surface area (Å²) in [6.45, 7) is 5.32. The normalized spacial score (nSPS) is 14.7. The predicted molar refractivity (Wildman–Crippen MR) is 57.1 cm³/mol. The number of rotatable bonds is 1. The lowest BCUT2D eigenvalue weighted by atomic mass is 10.1. The molecule has 1 aromatic heterocycles. The second-order valence-electron chi connectivity index (χ2n) is 4.11. The van der Waals surface area contributed by atoms with E-state index in [1.165, 1.54) is 0 Å². The molecule has 0 spiro atoms. The monoisotopic (exact) mass is 205 g/mol. The molecule has 1 aliphatic heterocycles. The summed E-state index contributed by atoms with van der Waals surface area (Å²) in [5.74, 6) is 0.0989. The van der Waals surface area contributed by atoms with Crippen molar-refractivity contribution < 1.29 is 4.79 Å². The molecule has 0 aromatic carbocycles. The number of amides is 1. The van der Waals surface area contributed by atoms with Crippen LogP contribution in [0.3, 0.4) is 0 Å². The molecule has 1 N–H and O–H groups in total. The lowest BCUT2D eigenvalue weighted by Crippen LogP contribution is -2.34. The van der Waals surface area contributed by atoms with Crippen LogP contribution in [0.2, 0.25) is 0 Å². The van der Waals surface area contributed by atoms with Crippen molar-refractivity contribution in [2.24, 2.45) is 0 Å². The van der Waals surface area contributed by atoms with Gasteiger partial charge in [0.05, 0.1) is 6.20 Å². The Balaban J connectivity index is 2.10. The largest absolute Gasteiger partial charge is 0.334 e. The minimum Gasteiger partial charge on any atom is -0.334 e. The van der Waals surface area contributed by atoms with Crippen LogP contribution in [-0.4, -0.2) is 27.5 Å². The number of aromatic nitrogens is 2. The molecule has 0 saturated carbocycles. The van der Waals surface area contributed by atoms with Gasteiger partial charge in [-0.25, -0.2) is 0 Å². The molecule has 2 heterocycles. The summed E-state index contributed by atoms with van der Waals surface area (Å²) in [4.78, 5) is 13.6. The minimum absolute atomic E-state index is 0.0989. The Morgan fingerprint density at radius 1 is 1.60 bits per heavy atom. The van der Waals surface area contributed by atoms with Crippen molar-refractivity contribution in [3.05, 3.63) is 29.1 Å². The van der Waals surface area contributed by atoms with Gasteiger partial charge >= 0.3 is 0 Å². The Labute approximate surface area is 89.0 Å². The van der Waals surface area contributed by atoms with Gasteiger partial charge in [-0.15, -0.1) is 0 Å². The summed E-state index contributed by atoms with van der Waals surface area (Å²) in [5, 5.41) is 6.93. The van der Waals surface area contributed by atoms with Crippen LogP contribution in [0.15, 0.2) is 17.8 Å². The van der Waals surface area contributed by atoms with Crippen LogP contribution in [0.5, 0.6) is 0 Å². The number of aromatic amines is 1. The predicted octanol–water partition coefficient (Wildman–Crippen LogP) is 1.26. The number of allylic oxidation sites excluding steroid dienone is 1. The van der Waals surface area contributed by atoms with Crippen LogP contribution in [0.25, 0.3) is 0 Å². The van der Waals surface area contributed by atoms with Crippen molar-refractivity contribution >= 4 is 5.91 Å². The average molecular weight is 205 g/mol. The zero-order valence-corrected chi connectivity index (χ0v) is 9.08. The molecule has 4 heteroatoms. The SMILES string of the molecule is CC(C)=CC(=O)N1CCc2[nH]ncc2C1. The van der Waals surface area contributed by atoms with E-state index in [4.69, 9.17) is 0 Å². The number of nitrogens with zero attached hydrogens (tertiary/aromatic N) is 2. The standard InChI is InChI=1S/C11H15N3O/c1-8(2)5-11(15)14-4-3-10-9(7-14)6-12-13-10/h5-6H,3-4,7H2,1-2H3,(H,12,13). The molecular formula is C11H15N3O. The van der Waals surface area contributed by atoms with Crippen LogP contribution in [0.1, 0.15) is 25.1 Å². The molecule has 0 atom stereocenters. The first kappa shape index (κ1) is 9.96. The summed E-state index contributed by atoms with van der Waals surface area (Å²) in [7, 11) is 0. The topological polar surface area (TPSA) is 49.0 Å². The van der Waals surface area contributed by atoms with E-state index < -0.39 is 0 Å².